The number of halogens is 1. The third kappa shape index (κ3) is 6.81. The van der Waals surface area contributed by atoms with Crippen LogP contribution in [0.2, 0.25) is 0 Å². The van der Waals surface area contributed by atoms with Crippen molar-refractivity contribution < 1.29 is 33.0 Å². The minimum absolute atomic E-state index is 0.0419. The van der Waals surface area contributed by atoms with Crippen LogP contribution in [0.25, 0.3) is 0 Å². The van der Waals surface area contributed by atoms with Gasteiger partial charge in [0.05, 0.1) is 55.2 Å². The summed E-state index contributed by atoms with van der Waals surface area (Å²) in [5, 5.41) is 6.42. The average molecular weight is 660 g/mol. The first-order chi connectivity index (χ1) is 22.6. The molecule has 10 atom stereocenters. The van der Waals surface area contributed by atoms with Crippen LogP contribution in [0.4, 0.5) is 9.18 Å². The largest absolute Gasteiger partial charge is 0.444 e. The van der Waals surface area contributed by atoms with Gasteiger partial charge in [0, 0.05) is 51.4 Å². The second-order valence-electron chi connectivity index (χ2n) is 15.9. The van der Waals surface area contributed by atoms with E-state index in [0.717, 1.165) is 52.1 Å². The third-order valence-electron chi connectivity index (χ3n) is 11.8. The van der Waals surface area contributed by atoms with Crippen LogP contribution in [0.3, 0.4) is 0 Å². The van der Waals surface area contributed by atoms with Crippen molar-refractivity contribution in [3.63, 3.8) is 0 Å². The summed E-state index contributed by atoms with van der Waals surface area (Å²) in [6.07, 6.45) is 7.04. The van der Waals surface area contributed by atoms with Gasteiger partial charge in [0.2, 0.25) is 0 Å². The van der Waals surface area contributed by atoms with Crippen molar-refractivity contribution in [2.24, 2.45) is 17.8 Å². The molecule has 0 aromatic carbocycles. The van der Waals surface area contributed by atoms with E-state index in [2.05, 4.69) is 20.4 Å². The Morgan fingerprint density at radius 3 is 2.62 bits per heavy atom. The lowest BCUT2D eigenvalue weighted by Crippen LogP contribution is -2.74. The van der Waals surface area contributed by atoms with Crippen molar-refractivity contribution in [1.29, 1.82) is 0 Å². The number of ether oxygens (including phenoxy) is 3. The number of alkyl carbamates (subject to hydrolysis) is 1. The van der Waals surface area contributed by atoms with Crippen molar-refractivity contribution >= 4 is 17.8 Å². The molecule has 3 saturated heterocycles. The minimum Gasteiger partial charge on any atom is -0.444 e. The average Bonchev–Trinajstić information content (AvgIpc) is 3.50. The number of carbonyl (C=O) groups excluding carboxylic acids is 3. The maximum Gasteiger partial charge on any atom is 0.407 e. The second kappa shape index (κ2) is 13.6. The number of nitrogens with one attached hydrogen (secondary N) is 2. The highest BCUT2D eigenvalue weighted by Crippen LogP contribution is 2.51. The van der Waals surface area contributed by atoms with Crippen LogP contribution >= 0.6 is 0 Å². The lowest BCUT2D eigenvalue weighted by atomic mass is 9.64. The molecule has 2 amide bonds. The fourth-order valence-electron chi connectivity index (χ4n) is 9.68. The number of Topliss-reactive ketones (excluding diaryl/α,β-unsaturated/α-hetero) is 1. The zero-order valence-electron chi connectivity index (χ0n) is 28.3. The van der Waals surface area contributed by atoms with Crippen LogP contribution < -0.4 is 10.6 Å². The van der Waals surface area contributed by atoms with Crippen molar-refractivity contribution in [2.45, 2.75) is 120 Å². The van der Waals surface area contributed by atoms with Gasteiger partial charge in [-0.25, -0.2) is 9.18 Å². The number of rotatable bonds is 6. The molecule has 7 aliphatic rings. The predicted octanol–water partition coefficient (Wildman–Crippen LogP) is 2.63. The Balaban J connectivity index is 1.12. The van der Waals surface area contributed by atoms with E-state index < -0.39 is 35.9 Å². The summed E-state index contributed by atoms with van der Waals surface area (Å²) in [4.78, 5) is 46.9. The van der Waals surface area contributed by atoms with E-state index in [0.29, 0.717) is 37.9 Å². The van der Waals surface area contributed by atoms with Crippen LogP contribution in [0.1, 0.15) is 72.1 Å². The third-order valence-corrected chi connectivity index (χ3v) is 11.8. The highest BCUT2D eigenvalue weighted by Gasteiger charge is 2.60. The number of amides is 2. The molecule has 2 N–H and O–H groups in total. The fraction of sp³-hybridized carbons (Fsp3) is 0.857. The topological polar surface area (TPSA) is 113 Å². The maximum atomic E-state index is 16.3. The molecule has 0 aromatic rings. The van der Waals surface area contributed by atoms with E-state index in [1.54, 1.807) is 4.90 Å². The zero-order valence-corrected chi connectivity index (χ0v) is 28.3. The minimum atomic E-state index is -1.26. The van der Waals surface area contributed by atoms with Crippen LogP contribution in [-0.2, 0) is 23.8 Å². The van der Waals surface area contributed by atoms with E-state index in [-0.39, 0.29) is 47.9 Å². The molecule has 3 saturated carbocycles. The van der Waals surface area contributed by atoms with Crippen LogP contribution in [0.15, 0.2) is 11.8 Å². The molecule has 0 spiro atoms. The van der Waals surface area contributed by atoms with Crippen molar-refractivity contribution in [2.75, 3.05) is 52.5 Å². The van der Waals surface area contributed by atoms with Gasteiger partial charge in [0.1, 0.15) is 11.8 Å². The Labute approximate surface area is 278 Å². The SMILES string of the molecule is CC(C)(C)OC(=O)N[C@@H]1CCN(C(=O)C2=CN3C4CCC5CCCCC5C4OC4C(NCCN5CCOCC5)C(F)CC(C2=O)C43)C1. The number of carbonyl (C=O) groups is 3. The molecule has 9 unspecified atom stereocenters. The lowest BCUT2D eigenvalue weighted by Gasteiger charge is -2.61. The molecule has 0 radical (unpaired) electrons. The van der Waals surface area contributed by atoms with Gasteiger partial charge in [-0.1, -0.05) is 19.3 Å². The standard InChI is InChI=1S/C35H54FN5O6/c1-35(2,3)47-34(44)38-22-10-12-40(19-22)33(43)25-20-41-27-9-8-21-6-4-5-7-23(21)31(27)46-32-28(26(36)18-24(29(32)41)30(25)42)37-11-13-39-14-16-45-17-15-39/h20-24,26-29,31-32,37H,4-19H2,1-3H3,(H,38,44)/t21?,22-,23?,24?,26?,27?,28?,29?,31?,32?/m1/s1. The number of alkyl halides is 1. The van der Waals surface area contributed by atoms with E-state index in [1.807, 2.05) is 27.0 Å². The summed E-state index contributed by atoms with van der Waals surface area (Å²) >= 11 is 0. The molecule has 0 aromatic heterocycles. The molecule has 0 bridgehead atoms. The molecule has 12 heteroatoms. The Kier molecular flexibility index (Phi) is 9.58. The van der Waals surface area contributed by atoms with E-state index >= 15 is 4.39 Å². The normalized spacial score (nSPS) is 39.0. The molecule has 4 heterocycles. The Hall–Kier alpha value is -2.28. The van der Waals surface area contributed by atoms with Gasteiger partial charge in [0.15, 0.2) is 5.78 Å². The summed E-state index contributed by atoms with van der Waals surface area (Å²) in [6, 6.07) is -0.997. The first kappa shape index (κ1) is 33.2. The fourth-order valence-corrected chi connectivity index (χ4v) is 9.68. The van der Waals surface area contributed by atoms with Crippen LogP contribution in [0.5, 0.6) is 0 Å². The summed E-state index contributed by atoms with van der Waals surface area (Å²) in [6.45, 7) is 10.8. The number of hydrogen-bond acceptors (Lipinski definition) is 9. The van der Waals surface area contributed by atoms with Crippen molar-refractivity contribution in [1.82, 2.24) is 25.3 Å². The van der Waals surface area contributed by atoms with Crippen LogP contribution in [0, 0.1) is 17.8 Å². The predicted molar refractivity (Wildman–Crippen MR) is 172 cm³/mol. The maximum absolute atomic E-state index is 16.3. The van der Waals surface area contributed by atoms with Gasteiger partial charge in [-0.2, -0.15) is 0 Å². The number of nitrogens with zero attached hydrogens (tertiary/aromatic N) is 3. The molecule has 4 aliphatic heterocycles. The Morgan fingerprint density at radius 1 is 1.04 bits per heavy atom. The summed E-state index contributed by atoms with van der Waals surface area (Å²) < 4.78 is 34.3. The first-order valence-corrected chi connectivity index (χ1v) is 18.2. The number of morpholine rings is 2. The van der Waals surface area contributed by atoms with Gasteiger partial charge in [-0.15, -0.1) is 0 Å². The van der Waals surface area contributed by atoms with Gasteiger partial charge in [-0.05, 0) is 64.7 Å². The van der Waals surface area contributed by atoms with Crippen molar-refractivity contribution in [3.05, 3.63) is 11.8 Å². The van der Waals surface area contributed by atoms with Crippen molar-refractivity contribution in [3.8, 4) is 0 Å². The highest BCUT2D eigenvalue weighted by molar-refractivity contribution is 6.20. The Morgan fingerprint density at radius 2 is 1.83 bits per heavy atom. The second-order valence-corrected chi connectivity index (χ2v) is 15.9. The van der Waals surface area contributed by atoms with E-state index in [9.17, 15) is 14.4 Å². The molecule has 7 rings (SSSR count). The molecular weight excluding hydrogens is 605 g/mol. The molecule has 47 heavy (non-hydrogen) atoms. The van der Waals surface area contributed by atoms with Gasteiger partial charge in [-0.3, -0.25) is 14.5 Å². The number of ketones is 1. The first-order valence-electron chi connectivity index (χ1n) is 18.2. The Bertz CT molecular complexity index is 1220. The molecule has 3 aliphatic carbocycles. The molecular formula is C35H54FN5O6. The van der Waals surface area contributed by atoms with Crippen LogP contribution in [-0.4, -0.2) is 133 Å². The molecule has 262 valence electrons. The summed E-state index contributed by atoms with van der Waals surface area (Å²) in [7, 11) is 0. The molecule has 11 nitrogen and oxygen atoms in total. The quantitative estimate of drug-likeness (QED) is 0.416. The monoisotopic (exact) mass is 659 g/mol. The van der Waals surface area contributed by atoms with Gasteiger partial charge >= 0.3 is 6.09 Å². The van der Waals surface area contributed by atoms with E-state index in [1.165, 1.54) is 19.3 Å². The highest BCUT2D eigenvalue weighted by atomic mass is 19.1. The number of fused-ring (bicyclic) bond motifs is 4. The van der Waals surface area contributed by atoms with Gasteiger partial charge in [0.25, 0.3) is 5.91 Å². The number of likely N-dealkylation sites (tertiary alicyclic amines) is 1. The summed E-state index contributed by atoms with van der Waals surface area (Å²) in [5.74, 6) is -0.203. The van der Waals surface area contributed by atoms with E-state index in [4.69, 9.17) is 14.2 Å². The van der Waals surface area contributed by atoms with Gasteiger partial charge < -0.3 is 34.6 Å². The zero-order chi connectivity index (χ0) is 32.9. The number of hydrogen-bond donors (Lipinski definition) is 2. The summed E-state index contributed by atoms with van der Waals surface area (Å²) in [5.41, 5.74) is -0.468. The molecule has 6 fully saturated rings. The lowest BCUT2D eigenvalue weighted by molar-refractivity contribution is -0.220. The smallest absolute Gasteiger partial charge is 0.407 e.